The molecule has 2 fully saturated rings. The summed E-state index contributed by atoms with van der Waals surface area (Å²) in [4.78, 5) is 0. The SMILES string of the molecule is O[C@H]([C]1[CH][CH][CH][CH]1)C(F)(F)F.[CH]1[CH][CH][CH][CH]1.[Fe+2]. The minimum absolute atomic E-state index is 0. The van der Waals surface area contributed by atoms with E-state index in [1.165, 1.54) is 25.7 Å². The Morgan fingerprint density at radius 1 is 0.824 bits per heavy atom. The van der Waals surface area contributed by atoms with Crippen LogP contribution in [0.4, 0.5) is 13.2 Å². The van der Waals surface area contributed by atoms with Gasteiger partial charge in [-0.15, -0.1) is 0 Å². The molecule has 0 bridgehead atoms. The van der Waals surface area contributed by atoms with Crippen LogP contribution in [-0.2, 0) is 17.1 Å². The predicted molar refractivity (Wildman–Crippen MR) is 54.0 cm³/mol. The first-order valence-corrected chi connectivity index (χ1v) is 4.65. The summed E-state index contributed by atoms with van der Waals surface area (Å²) in [6.45, 7) is 0. The molecular weight excluding hydrogens is 273 g/mol. The van der Waals surface area contributed by atoms with Gasteiger partial charge in [0.1, 0.15) is 0 Å². The van der Waals surface area contributed by atoms with Gasteiger partial charge in [0.2, 0.25) is 0 Å². The maximum atomic E-state index is 11.8. The number of hydrogen-bond acceptors (Lipinski definition) is 1. The van der Waals surface area contributed by atoms with Crippen molar-refractivity contribution in [2.75, 3.05) is 0 Å². The summed E-state index contributed by atoms with van der Waals surface area (Å²) in [5.74, 6) is -0.113. The number of rotatable bonds is 1. The quantitative estimate of drug-likeness (QED) is 0.733. The van der Waals surface area contributed by atoms with Crippen molar-refractivity contribution in [3.63, 3.8) is 0 Å². The third kappa shape index (κ3) is 6.68. The first-order valence-electron chi connectivity index (χ1n) is 4.65. The van der Waals surface area contributed by atoms with E-state index in [1.807, 2.05) is 32.1 Å². The Bertz CT molecular complexity index is 179. The summed E-state index contributed by atoms with van der Waals surface area (Å²) < 4.78 is 35.3. The fourth-order valence-electron chi connectivity index (χ4n) is 1.08. The number of halogens is 3. The molecule has 2 aliphatic carbocycles. The van der Waals surface area contributed by atoms with Crippen molar-refractivity contribution in [2.24, 2.45) is 0 Å². The van der Waals surface area contributed by atoms with E-state index in [2.05, 4.69) is 0 Å². The summed E-state index contributed by atoms with van der Waals surface area (Å²) >= 11 is 0. The van der Waals surface area contributed by atoms with Gasteiger partial charge in [-0.05, 0) is 57.8 Å². The van der Waals surface area contributed by atoms with Crippen LogP contribution in [0.25, 0.3) is 0 Å². The van der Waals surface area contributed by atoms with Crippen molar-refractivity contribution in [1.29, 1.82) is 0 Å². The molecule has 0 aromatic heterocycles. The van der Waals surface area contributed by atoms with Gasteiger partial charge < -0.3 is 5.11 Å². The number of alkyl halides is 3. The Balaban J connectivity index is 0.000000360. The van der Waals surface area contributed by atoms with Crippen LogP contribution in [0.5, 0.6) is 0 Å². The van der Waals surface area contributed by atoms with E-state index in [1.54, 1.807) is 0 Å². The van der Waals surface area contributed by atoms with Crippen LogP contribution in [0.2, 0.25) is 0 Å². The Morgan fingerprint density at radius 3 is 1.47 bits per heavy atom. The van der Waals surface area contributed by atoms with Gasteiger partial charge in [0, 0.05) is 5.92 Å². The number of aliphatic hydroxyl groups excluding tert-OH is 1. The molecule has 2 aliphatic rings. The minimum Gasteiger partial charge on any atom is -0.383 e. The minimum atomic E-state index is -4.56. The second kappa shape index (κ2) is 8.39. The zero-order chi connectivity index (χ0) is 12.0. The van der Waals surface area contributed by atoms with Crippen LogP contribution >= 0.6 is 0 Å². The third-order valence-electron chi connectivity index (χ3n) is 1.87. The first-order chi connectivity index (χ1) is 7.52. The molecule has 1 nitrogen and oxygen atoms in total. The molecule has 0 saturated heterocycles. The molecule has 0 aliphatic heterocycles. The first kappa shape index (κ1) is 17.3. The summed E-state index contributed by atoms with van der Waals surface area (Å²) in [7, 11) is 0. The maximum Gasteiger partial charge on any atom is 2.00 e. The van der Waals surface area contributed by atoms with E-state index in [4.69, 9.17) is 5.11 Å². The maximum absolute atomic E-state index is 11.8. The molecule has 1 N–H and O–H groups in total. The molecule has 0 aromatic carbocycles. The Kier molecular flexibility index (Phi) is 8.52. The second-order valence-corrected chi connectivity index (χ2v) is 3.12. The second-order valence-electron chi connectivity index (χ2n) is 3.12. The topological polar surface area (TPSA) is 20.2 Å². The fourth-order valence-corrected chi connectivity index (χ4v) is 1.08. The monoisotopic (exact) mass is 284 g/mol. The van der Waals surface area contributed by atoms with Crippen molar-refractivity contribution in [3.8, 4) is 0 Å². The van der Waals surface area contributed by atoms with Crippen LogP contribution in [0.3, 0.4) is 0 Å². The summed E-state index contributed by atoms with van der Waals surface area (Å²) in [6, 6.07) is 0. The molecule has 2 saturated carbocycles. The van der Waals surface area contributed by atoms with Crippen molar-refractivity contribution in [3.05, 3.63) is 63.7 Å². The van der Waals surface area contributed by atoms with E-state index in [-0.39, 0.29) is 23.0 Å². The molecule has 5 heteroatoms. The molecule has 0 spiro atoms. The molecular formula is C12H11F3FeO+2. The van der Waals surface area contributed by atoms with Gasteiger partial charge in [0.15, 0.2) is 6.10 Å². The van der Waals surface area contributed by atoms with E-state index < -0.39 is 12.3 Å². The molecule has 0 heterocycles. The number of aliphatic hydroxyl groups is 1. The Morgan fingerprint density at radius 2 is 1.18 bits per heavy atom. The molecule has 1 atom stereocenters. The van der Waals surface area contributed by atoms with Gasteiger partial charge in [-0.3, -0.25) is 0 Å². The smallest absolute Gasteiger partial charge is 0.383 e. The third-order valence-corrected chi connectivity index (χ3v) is 1.87. The Labute approximate surface area is 112 Å². The normalized spacial score (nSPS) is 22.6. The zero-order valence-electron chi connectivity index (χ0n) is 8.71. The zero-order valence-corrected chi connectivity index (χ0v) is 9.81. The molecule has 92 valence electrons. The average Bonchev–Trinajstić information content (AvgIpc) is 2.91. The van der Waals surface area contributed by atoms with E-state index >= 15 is 0 Å². The fraction of sp³-hybridized carbons (Fsp3) is 0.167. The average molecular weight is 284 g/mol. The van der Waals surface area contributed by atoms with Crippen LogP contribution in [0.15, 0.2) is 0 Å². The van der Waals surface area contributed by atoms with Crippen LogP contribution < -0.4 is 0 Å². The van der Waals surface area contributed by atoms with Gasteiger partial charge in [-0.1, -0.05) is 0 Å². The van der Waals surface area contributed by atoms with E-state index in [0.29, 0.717) is 0 Å². The van der Waals surface area contributed by atoms with Crippen molar-refractivity contribution < 1.29 is 35.3 Å². The summed E-state index contributed by atoms with van der Waals surface area (Å²) in [6.07, 6.45) is 8.46. The van der Waals surface area contributed by atoms with Crippen molar-refractivity contribution >= 4 is 0 Å². The van der Waals surface area contributed by atoms with E-state index in [9.17, 15) is 13.2 Å². The molecule has 10 radical (unpaired) electrons. The van der Waals surface area contributed by atoms with Gasteiger partial charge in [-0.2, -0.15) is 13.2 Å². The largest absolute Gasteiger partial charge is 2.00 e. The van der Waals surface area contributed by atoms with Gasteiger partial charge in [-0.25, -0.2) is 0 Å². The van der Waals surface area contributed by atoms with Gasteiger partial charge in [0.05, 0.1) is 0 Å². The molecule has 17 heavy (non-hydrogen) atoms. The molecule has 0 amide bonds. The Hall–Kier alpha value is 0.269. The van der Waals surface area contributed by atoms with E-state index in [0.717, 1.165) is 0 Å². The predicted octanol–water partition coefficient (Wildman–Crippen LogP) is 2.33. The van der Waals surface area contributed by atoms with Gasteiger partial charge >= 0.3 is 23.2 Å². The van der Waals surface area contributed by atoms with Crippen molar-refractivity contribution in [2.45, 2.75) is 12.3 Å². The summed E-state index contributed by atoms with van der Waals surface area (Å²) in [5, 5.41) is 8.62. The van der Waals surface area contributed by atoms with Crippen LogP contribution in [-0.4, -0.2) is 17.4 Å². The van der Waals surface area contributed by atoms with Crippen molar-refractivity contribution in [1.82, 2.24) is 0 Å². The standard InChI is InChI=1S/C7H6F3O.C5H5.Fe/c8-7(9,10)6(11)5-3-1-2-4-5;1-2-4-5-3-1;/h1-4,6,11H;1-5H;/q;;+2/t6-;;/m1../s1. The molecule has 0 aromatic rings. The van der Waals surface area contributed by atoms with Crippen LogP contribution in [0.1, 0.15) is 0 Å². The number of hydrogen-bond donors (Lipinski definition) is 1. The molecule has 2 rings (SSSR count). The summed E-state index contributed by atoms with van der Waals surface area (Å²) in [5.41, 5.74) is 0. The van der Waals surface area contributed by atoms with Crippen LogP contribution in [0, 0.1) is 63.7 Å². The van der Waals surface area contributed by atoms with Gasteiger partial charge in [0.25, 0.3) is 0 Å². The molecule has 0 unspecified atom stereocenters.